The van der Waals surface area contributed by atoms with E-state index in [1.165, 1.54) is 0 Å². The number of hydrogen-bond acceptors (Lipinski definition) is 4. The molecule has 2 N–H and O–H groups in total. The maximum atomic E-state index is 12.5. The molecule has 1 amide bonds. The van der Waals surface area contributed by atoms with Gasteiger partial charge in [0, 0.05) is 31.6 Å². The van der Waals surface area contributed by atoms with E-state index in [4.69, 9.17) is 5.73 Å². The summed E-state index contributed by atoms with van der Waals surface area (Å²) in [5.74, 6) is 0.973. The van der Waals surface area contributed by atoms with E-state index in [9.17, 15) is 4.79 Å². The Hall–Kier alpha value is -1.43. The summed E-state index contributed by atoms with van der Waals surface area (Å²) < 4.78 is 1.87. The zero-order valence-electron chi connectivity index (χ0n) is 11.8. The number of carbonyl (C=O) groups is 1. The van der Waals surface area contributed by atoms with E-state index < -0.39 is 0 Å². The quantitative estimate of drug-likeness (QED) is 0.879. The van der Waals surface area contributed by atoms with Gasteiger partial charge in [-0.25, -0.2) is 4.98 Å². The van der Waals surface area contributed by atoms with Crippen LogP contribution in [0.2, 0.25) is 0 Å². The van der Waals surface area contributed by atoms with Crippen LogP contribution in [0.15, 0.2) is 12.7 Å². The summed E-state index contributed by atoms with van der Waals surface area (Å²) in [7, 11) is 0. The minimum Gasteiger partial charge on any atom is -0.342 e. The summed E-state index contributed by atoms with van der Waals surface area (Å²) >= 11 is 0. The predicted octanol–water partition coefficient (Wildman–Crippen LogP) is 0.644. The van der Waals surface area contributed by atoms with Gasteiger partial charge in [-0.3, -0.25) is 9.48 Å². The lowest BCUT2D eigenvalue weighted by molar-refractivity contribution is -0.137. The molecule has 1 aromatic heterocycles. The van der Waals surface area contributed by atoms with Crippen molar-refractivity contribution in [3.8, 4) is 0 Å². The van der Waals surface area contributed by atoms with Crippen molar-refractivity contribution in [2.45, 2.75) is 44.7 Å². The van der Waals surface area contributed by atoms with Crippen LogP contribution < -0.4 is 5.73 Å². The SMILES string of the molecule is N[C@@H]1CC[C@H](C(=O)N2CCC[C@H](Cn3cncn3)C2)C1. The minimum absolute atomic E-state index is 0.162. The smallest absolute Gasteiger partial charge is 0.225 e. The van der Waals surface area contributed by atoms with Gasteiger partial charge in [-0.05, 0) is 38.0 Å². The van der Waals surface area contributed by atoms with Gasteiger partial charge >= 0.3 is 0 Å². The van der Waals surface area contributed by atoms with Crippen LogP contribution >= 0.6 is 0 Å². The molecule has 0 unspecified atom stereocenters. The van der Waals surface area contributed by atoms with Crippen molar-refractivity contribution in [2.24, 2.45) is 17.6 Å². The summed E-state index contributed by atoms with van der Waals surface area (Å²) in [6.45, 7) is 2.61. The topological polar surface area (TPSA) is 77.0 Å². The highest BCUT2D eigenvalue weighted by molar-refractivity contribution is 5.79. The van der Waals surface area contributed by atoms with Gasteiger partial charge in [0.25, 0.3) is 0 Å². The molecule has 0 spiro atoms. The average Bonchev–Trinajstić information content (AvgIpc) is 3.10. The monoisotopic (exact) mass is 277 g/mol. The molecule has 1 aromatic rings. The highest BCUT2D eigenvalue weighted by Crippen LogP contribution is 2.28. The Morgan fingerprint density at radius 1 is 1.35 bits per heavy atom. The molecule has 1 aliphatic carbocycles. The normalized spacial score (nSPS) is 30.6. The fourth-order valence-corrected chi connectivity index (χ4v) is 3.50. The predicted molar refractivity (Wildman–Crippen MR) is 74.6 cm³/mol. The lowest BCUT2D eigenvalue weighted by Crippen LogP contribution is -2.43. The Balaban J connectivity index is 1.56. The minimum atomic E-state index is 0.162. The van der Waals surface area contributed by atoms with Crippen LogP contribution in [-0.2, 0) is 11.3 Å². The van der Waals surface area contributed by atoms with E-state index in [2.05, 4.69) is 10.1 Å². The molecule has 6 heteroatoms. The van der Waals surface area contributed by atoms with Crippen molar-refractivity contribution >= 4 is 5.91 Å². The molecule has 3 rings (SSSR count). The highest BCUT2D eigenvalue weighted by atomic mass is 16.2. The fourth-order valence-electron chi connectivity index (χ4n) is 3.50. The van der Waals surface area contributed by atoms with Gasteiger partial charge in [0.15, 0.2) is 0 Å². The molecule has 2 heterocycles. The van der Waals surface area contributed by atoms with Crippen molar-refractivity contribution in [2.75, 3.05) is 13.1 Å². The van der Waals surface area contributed by atoms with Crippen molar-refractivity contribution in [3.05, 3.63) is 12.7 Å². The van der Waals surface area contributed by atoms with Crippen LogP contribution in [0.1, 0.15) is 32.1 Å². The Bertz CT molecular complexity index is 446. The number of piperidine rings is 1. The average molecular weight is 277 g/mol. The standard InChI is InChI=1S/C14H23N5O/c15-13-4-3-12(6-13)14(20)18-5-1-2-11(7-18)8-19-10-16-9-17-19/h9-13H,1-8,15H2/t11-,12-,13+/m0/s1. The second-order valence-electron chi connectivity index (χ2n) is 6.18. The molecule has 1 saturated carbocycles. The molecule has 2 aliphatic rings. The number of rotatable bonds is 3. The van der Waals surface area contributed by atoms with Crippen molar-refractivity contribution in [1.82, 2.24) is 19.7 Å². The molecule has 0 bridgehead atoms. The molecule has 0 aromatic carbocycles. The summed E-state index contributed by atoms with van der Waals surface area (Å²) in [6.07, 6.45) is 8.38. The summed E-state index contributed by atoms with van der Waals surface area (Å²) in [6, 6.07) is 0.222. The van der Waals surface area contributed by atoms with Crippen LogP contribution in [-0.4, -0.2) is 44.7 Å². The Labute approximate surface area is 119 Å². The number of likely N-dealkylation sites (tertiary alicyclic amines) is 1. The Morgan fingerprint density at radius 2 is 2.25 bits per heavy atom. The first kappa shape index (κ1) is 13.5. The highest BCUT2D eigenvalue weighted by Gasteiger charge is 2.33. The third-order valence-corrected chi connectivity index (χ3v) is 4.56. The third-order valence-electron chi connectivity index (χ3n) is 4.56. The van der Waals surface area contributed by atoms with Gasteiger partial charge < -0.3 is 10.6 Å². The number of hydrogen-bond donors (Lipinski definition) is 1. The molecule has 0 radical (unpaired) electrons. The van der Waals surface area contributed by atoms with E-state index in [1.807, 2.05) is 9.58 Å². The first-order chi connectivity index (χ1) is 9.72. The molecule has 110 valence electrons. The number of carbonyl (C=O) groups excluding carboxylic acids is 1. The lowest BCUT2D eigenvalue weighted by Gasteiger charge is -2.34. The second-order valence-corrected chi connectivity index (χ2v) is 6.18. The number of aromatic nitrogens is 3. The van der Waals surface area contributed by atoms with Gasteiger partial charge in [-0.1, -0.05) is 0 Å². The van der Waals surface area contributed by atoms with Crippen molar-refractivity contribution in [1.29, 1.82) is 0 Å². The molecule has 20 heavy (non-hydrogen) atoms. The van der Waals surface area contributed by atoms with Crippen molar-refractivity contribution < 1.29 is 4.79 Å². The summed E-state index contributed by atoms with van der Waals surface area (Å²) in [5, 5.41) is 4.15. The molecule has 1 saturated heterocycles. The molecule has 6 nitrogen and oxygen atoms in total. The summed E-state index contributed by atoms with van der Waals surface area (Å²) in [4.78, 5) is 18.5. The maximum Gasteiger partial charge on any atom is 0.225 e. The fraction of sp³-hybridized carbons (Fsp3) is 0.786. The zero-order chi connectivity index (χ0) is 13.9. The molecular weight excluding hydrogens is 254 g/mol. The largest absolute Gasteiger partial charge is 0.342 e. The zero-order valence-corrected chi connectivity index (χ0v) is 11.8. The van der Waals surface area contributed by atoms with Gasteiger partial charge in [-0.15, -0.1) is 0 Å². The van der Waals surface area contributed by atoms with E-state index in [0.717, 1.165) is 51.7 Å². The van der Waals surface area contributed by atoms with Crippen LogP contribution in [0, 0.1) is 11.8 Å². The van der Waals surface area contributed by atoms with Gasteiger partial charge in [-0.2, -0.15) is 5.10 Å². The number of amides is 1. The van der Waals surface area contributed by atoms with E-state index in [0.29, 0.717) is 11.8 Å². The number of nitrogens with zero attached hydrogens (tertiary/aromatic N) is 4. The van der Waals surface area contributed by atoms with E-state index >= 15 is 0 Å². The maximum absolute atomic E-state index is 12.5. The Morgan fingerprint density at radius 3 is 2.95 bits per heavy atom. The van der Waals surface area contributed by atoms with Crippen LogP contribution in [0.3, 0.4) is 0 Å². The van der Waals surface area contributed by atoms with Crippen LogP contribution in [0.25, 0.3) is 0 Å². The van der Waals surface area contributed by atoms with Crippen LogP contribution in [0.5, 0.6) is 0 Å². The molecule has 1 aliphatic heterocycles. The van der Waals surface area contributed by atoms with Crippen LogP contribution in [0.4, 0.5) is 0 Å². The number of nitrogens with two attached hydrogens (primary N) is 1. The first-order valence-electron chi connectivity index (χ1n) is 7.59. The van der Waals surface area contributed by atoms with Gasteiger partial charge in [0.05, 0.1) is 0 Å². The van der Waals surface area contributed by atoms with Gasteiger partial charge in [0.1, 0.15) is 12.7 Å². The summed E-state index contributed by atoms with van der Waals surface area (Å²) in [5.41, 5.74) is 5.92. The van der Waals surface area contributed by atoms with E-state index in [1.54, 1.807) is 12.7 Å². The van der Waals surface area contributed by atoms with E-state index in [-0.39, 0.29) is 12.0 Å². The molecular formula is C14H23N5O. The lowest BCUT2D eigenvalue weighted by atomic mass is 9.96. The molecule has 2 fully saturated rings. The molecule has 3 atom stereocenters. The Kier molecular flexibility index (Phi) is 4.00. The third kappa shape index (κ3) is 3.00. The first-order valence-corrected chi connectivity index (χ1v) is 7.59. The second kappa shape index (κ2) is 5.91. The van der Waals surface area contributed by atoms with Gasteiger partial charge in [0.2, 0.25) is 5.91 Å². The van der Waals surface area contributed by atoms with Crippen molar-refractivity contribution in [3.63, 3.8) is 0 Å².